The summed E-state index contributed by atoms with van der Waals surface area (Å²) in [5.74, 6) is -10.3. The Morgan fingerprint density at radius 3 is 1.16 bits per heavy atom. The lowest BCUT2D eigenvalue weighted by Crippen LogP contribution is -2.08. The van der Waals surface area contributed by atoms with E-state index in [-0.39, 0.29) is 22.5 Å². The summed E-state index contributed by atoms with van der Waals surface area (Å²) in [6.45, 7) is 7.81. The van der Waals surface area contributed by atoms with Crippen molar-refractivity contribution < 1.29 is 22.0 Å². The Hall–Kier alpha value is -5.94. The van der Waals surface area contributed by atoms with Crippen LogP contribution in [0.5, 0.6) is 0 Å². The zero-order chi connectivity index (χ0) is 34.5. The molecule has 0 N–H and O–H groups in total. The topological polar surface area (TPSA) is 33.6 Å². The lowest BCUT2D eigenvalue weighted by atomic mass is 9.97. The van der Waals surface area contributed by atoms with Gasteiger partial charge >= 0.3 is 0 Å². The number of halogens is 5. The maximum atomic E-state index is 15.9. The van der Waals surface area contributed by atoms with Gasteiger partial charge in [-0.3, -0.25) is 0 Å². The lowest BCUT2D eigenvalue weighted by Gasteiger charge is -2.20. The third kappa shape index (κ3) is 4.39. The van der Waals surface area contributed by atoms with Crippen molar-refractivity contribution >= 4 is 43.6 Å². The highest BCUT2D eigenvalue weighted by Crippen LogP contribution is 2.43. The molecule has 2 heterocycles. The normalized spacial score (nSPS) is 11.8. The summed E-state index contributed by atoms with van der Waals surface area (Å²) in [5.41, 5.74) is 5.73. The number of hydrogen-bond donors (Lipinski definition) is 0. The summed E-state index contributed by atoms with van der Waals surface area (Å²) in [6, 6.07) is 28.2. The van der Waals surface area contributed by atoms with Crippen molar-refractivity contribution in [2.24, 2.45) is 0 Å². The lowest BCUT2D eigenvalue weighted by molar-refractivity contribution is 0.381. The Morgan fingerprint density at radius 1 is 0.449 bits per heavy atom. The fraction of sp³-hybridized carbons (Fsp3) is 0.0976. The van der Waals surface area contributed by atoms with Gasteiger partial charge in [-0.2, -0.15) is 5.26 Å². The second-order valence-electron chi connectivity index (χ2n) is 12.7. The molecule has 0 saturated carbocycles. The highest BCUT2D eigenvalue weighted by Gasteiger charge is 2.30. The predicted octanol–water partition coefficient (Wildman–Crippen LogP) is 11.3. The van der Waals surface area contributed by atoms with Gasteiger partial charge in [-0.05, 0) is 88.4 Å². The van der Waals surface area contributed by atoms with Gasteiger partial charge in [-0.15, -0.1) is 0 Å². The summed E-state index contributed by atoms with van der Waals surface area (Å²) in [6.07, 6.45) is 0. The molecule has 6 aromatic carbocycles. The SMILES string of the molecule is Cc1ccc2c(c1)c1cc(C)ccc1n2-c1cc(-c2c(F)c(F)c(F)c(F)c2F)c(-n2c3ccc(C)cc3c3cc(C)ccc32)cc1C#N. The van der Waals surface area contributed by atoms with Gasteiger partial charge in [0.05, 0.1) is 44.6 Å². The average molecular weight is 656 g/mol. The van der Waals surface area contributed by atoms with Crippen molar-refractivity contribution in [1.82, 2.24) is 9.13 Å². The number of aromatic nitrogens is 2. The highest BCUT2D eigenvalue weighted by atomic mass is 19.2. The molecule has 0 spiro atoms. The van der Waals surface area contributed by atoms with Crippen LogP contribution in [-0.2, 0) is 0 Å². The van der Waals surface area contributed by atoms with E-state index < -0.39 is 34.6 Å². The molecule has 0 fully saturated rings. The Morgan fingerprint density at radius 2 is 0.796 bits per heavy atom. The van der Waals surface area contributed by atoms with Gasteiger partial charge in [0.25, 0.3) is 0 Å². The van der Waals surface area contributed by atoms with E-state index in [0.717, 1.165) is 43.8 Å². The van der Waals surface area contributed by atoms with Gasteiger partial charge in [0.1, 0.15) is 6.07 Å². The van der Waals surface area contributed by atoms with Gasteiger partial charge in [0.2, 0.25) is 5.82 Å². The fourth-order valence-corrected chi connectivity index (χ4v) is 7.10. The van der Waals surface area contributed by atoms with Crippen LogP contribution in [-0.4, -0.2) is 9.13 Å². The minimum Gasteiger partial charge on any atom is -0.309 e. The van der Waals surface area contributed by atoms with Crippen LogP contribution in [0.25, 0.3) is 66.1 Å². The number of rotatable bonds is 3. The number of benzene rings is 6. The molecule has 0 amide bonds. The van der Waals surface area contributed by atoms with Crippen LogP contribution < -0.4 is 0 Å². The van der Waals surface area contributed by atoms with Crippen molar-refractivity contribution in [1.29, 1.82) is 5.26 Å². The van der Waals surface area contributed by atoms with Crippen LogP contribution in [0.4, 0.5) is 22.0 Å². The van der Waals surface area contributed by atoms with E-state index in [0.29, 0.717) is 22.1 Å². The highest BCUT2D eigenvalue weighted by molar-refractivity contribution is 6.11. The number of nitriles is 1. The summed E-state index contributed by atoms with van der Waals surface area (Å²) in [4.78, 5) is 0. The van der Waals surface area contributed by atoms with Crippen LogP contribution >= 0.6 is 0 Å². The monoisotopic (exact) mass is 655 g/mol. The molecule has 0 aliphatic carbocycles. The molecule has 0 unspecified atom stereocenters. The van der Waals surface area contributed by atoms with E-state index >= 15 is 8.78 Å². The molecule has 0 radical (unpaired) electrons. The summed E-state index contributed by atoms with van der Waals surface area (Å²) >= 11 is 0. The smallest absolute Gasteiger partial charge is 0.200 e. The Bertz CT molecular complexity index is 2630. The average Bonchev–Trinajstić information content (AvgIpc) is 3.57. The molecule has 2 aromatic heterocycles. The van der Waals surface area contributed by atoms with Crippen LogP contribution in [0.2, 0.25) is 0 Å². The van der Waals surface area contributed by atoms with Crippen LogP contribution in [0.1, 0.15) is 27.8 Å². The first-order valence-corrected chi connectivity index (χ1v) is 15.6. The van der Waals surface area contributed by atoms with E-state index in [1.165, 1.54) is 12.1 Å². The van der Waals surface area contributed by atoms with Gasteiger partial charge in [-0.25, -0.2) is 22.0 Å². The predicted molar refractivity (Wildman–Crippen MR) is 184 cm³/mol. The molecule has 49 heavy (non-hydrogen) atoms. The van der Waals surface area contributed by atoms with Crippen molar-refractivity contribution in [3.05, 3.63) is 142 Å². The van der Waals surface area contributed by atoms with E-state index in [1.54, 1.807) is 9.13 Å². The Labute approximate surface area is 277 Å². The number of aryl methyl sites for hydroxylation is 4. The van der Waals surface area contributed by atoms with Gasteiger partial charge in [0, 0.05) is 27.1 Å². The molecule has 8 rings (SSSR count). The summed E-state index contributed by atoms with van der Waals surface area (Å²) in [5, 5.41) is 14.1. The standard InChI is InChI=1S/C41H26F5N3/c1-20-5-9-30-25(13-20)26-14-21(2)6-10-31(26)48(30)34-18-29(36-37(42)39(44)41(46)40(45)38(36)43)35(17-24(34)19-47)49-32-11-7-22(3)15-27(32)28-16-23(4)8-12-33(28)49/h5-18H,1-4H3. The van der Waals surface area contributed by atoms with Crippen LogP contribution in [0.15, 0.2) is 84.9 Å². The first kappa shape index (κ1) is 30.4. The molecule has 0 saturated heterocycles. The molecule has 0 atom stereocenters. The van der Waals surface area contributed by atoms with E-state index in [1.807, 2.05) is 100 Å². The second kappa shape index (κ2) is 10.8. The van der Waals surface area contributed by atoms with Crippen molar-refractivity contribution in [3.8, 4) is 28.6 Å². The Kier molecular flexibility index (Phi) is 6.69. The van der Waals surface area contributed by atoms with E-state index in [4.69, 9.17) is 0 Å². The number of fused-ring (bicyclic) bond motifs is 6. The largest absolute Gasteiger partial charge is 0.309 e. The number of hydrogen-bond acceptors (Lipinski definition) is 1. The van der Waals surface area contributed by atoms with Crippen molar-refractivity contribution in [2.45, 2.75) is 27.7 Å². The van der Waals surface area contributed by atoms with E-state index in [9.17, 15) is 18.4 Å². The molecule has 8 aromatic rings. The van der Waals surface area contributed by atoms with Gasteiger partial charge in [-0.1, -0.05) is 46.5 Å². The maximum Gasteiger partial charge on any atom is 0.200 e. The minimum absolute atomic E-state index is 0.0867. The molecule has 0 aliphatic rings. The quantitative estimate of drug-likeness (QED) is 0.106. The molecule has 240 valence electrons. The van der Waals surface area contributed by atoms with Crippen molar-refractivity contribution in [2.75, 3.05) is 0 Å². The first-order chi connectivity index (χ1) is 23.5. The summed E-state index contributed by atoms with van der Waals surface area (Å²) < 4.78 is 79.6. The fourth-order valence-electron chi connectivity index (χ4n) is 7.10. The first-order valence-electron chi connectivity index (χ1n) is 15.6. The molecule has 3 nitrogen and oxygen atoms in total. The van der Waals surface area contributed by atoms with Gasteiger partial charge in [0.15, 0.2) is 23.3 Å². The Balaban J connectivity index is 1.59. The molecular weight excluding hydrogens is 629 g/mol. The van der Waals surface area contributed by atoms with Gasteiger partial charge < -0.3 is 9.13 Å². The third-order valence-electron chi connectivity index (χ3n) is 9.35. The number of nitrogens with zero attached hydrogens (tertiary/aromatic N) is 3. The third-order valence-corrected chi connectivity index (χ3v) is 9.35. The van der Waals surface area contributed by atoms with E-state index in [2.05, 4.69) is 6.07 Å². The summed E-state index contributed by atoms with van der Waals surface area (Å²) in [7, 11) is 0. The van der Waals surface area contributed by atoms with Crippen molar-refractivity contribution in [3.63, 3.8) is 0 Å². The second-order valence-corrected chi connectivity index (χ2v) is 12.7. The molecule has 0 aliphatic heterocycles. The zero-order valence-electron chi connectivity index (χ0n) is 26.8. The minimum atomic E-state index is -2.25. The molecular formula is C41H26F5N3. The maximum absolute atomic E-state index is 15.9. The van der Waals surface area contributed by atoms with Crippen LogP contribution in [0, 0.1) is 68.1 Å². The molecule has 8 heteroatoms. The molecule has 0 bridgehead atoms. The zero-order valence-corrected chi connectivity index (χ0v) is 26.8. The van der Waals surface area contributed by atoms with Crippen LogP contribution in [0.3, 0.4) is 0 Å².